The Hall–Kier alpha value is -6.45. The lowest BCUT2D eigenvalue weighted by Gasteiger charge is -2.29. The summed E-state index contributed by atoms with van der Waals surface area (Å²) in [6, 6.07) is 64.0. The molecule has 226 valence electrons. The van der Waals surface area contributed by atoms with Crippen LogP contribution in [0.1, 0.15) is 0 Å². The molecule has 0 atom stereocenters. The number of benzene rings is 8. The van der Waals surface area contributed by atoms with Crippen LogP contribution < -0.4 is 4.90 Å². The molecule has 8 aromatic carbocycles. The van der Waals surface area contributed by atoms with Crippen LogP contribution in [0.2, 0.25) is 0 Å². The van der Waals surface area contributed by atoms with Crippen LogP contribution in [0.15, 0.2) is 186 Å². The average Bonchev–Trinajstić information content (AvgIpc) is 3.61. The molecule has 1 aromatic heterocycles. The number of aromatic nitrogens is 1. The fourth-order valence-corrected chi connectivity index (χ4v) is 6.75. The van der Waals surface area contributed by atoms with E-state index in [-0.39, 0.29) is 0 Å². The first-order chi connectivity index (χ1) is 23.8. The van der Waals surface area contributed by atoms with E-state index in [1.165, 1.54) is 27.3 Å². The number of oxazole rings is 1. The van der Waals surface area contributed by atoms with Crippen LogP contribution in [0.25, 0.3) is 66.4 Å². The third-order valence-electron chi connectivity index (χ3n) is 9.09. The Morgan fingerprint density at radius 2 is 1.04 bits per heavy atom. The van der Waals surface area contributed by atoms with Gasteiger partial charge in [-0.05, 0) is 69.8 Å². The highest BCUT2D eigenvalue weighted by Crippen LogP contribution is 2.44. The Morgan fingerprint density at radius 1 is 0.417 bits per heavy atom. The summed E-state index contributed by atoms with van der Waals surface area (Å²) in [4.78, 5) is 7.27. The van der Waals surface area contributed by atoms with Gasteiger partial charge in [-0.25, -0.2) is 4.98 Å². The van der Waals surface area contributed by atoms with Crippen molar-refractivity contribution in [2.24, 2.45) is 0 Å². The second-order valence-electron chi connectivity index (χ2n) is 12.0. The zero-order valence-electron chi connectivity index (χ0n) is 26.1. The maximum atomic E-state index is 6.50. The third kappa shape index (κ3) is 4.90. The van der Waals surface area contributed by atoms with Gasteiger partial charge in [-0.3, -0.25) is 0 Å². The summed E-state index contributed by atoms with van der Waals surface area (Å²) in [7, 11) is 0. The summed E-state index contributed by atoms with van der Waals surface area (Å²) in [5.41, 5.74) is 10.3. The molecule has 0 bridgehead atoms. The van der Waals surface area contributed by atoms with Crippen molar-refractivity contribution in [3.05, 3.63) is 182 Å². The van der Waals surface area contributed by atoms with Gasteiger partial charge in [0.1, 0.15) is 5.52 Å². The summed E-state index contributed by atoms with van der Waals surface area (Å²) in [5.74, 6) is 0.625. The first-order valence-corrected chi connectivity index (χ1v) is 16.2. The smallest absolute Gasteiger partial charge is 0.227 e. The number of hydrogen-bond donors (Lipinski definition) is 0. The molecule has 0 aliphatic carbocycles. The van der Waals surface area contributed by atoms with Crippen LogP contribution in [0.5, 0.6) is 0 Å². The van der Waals surface area contributed by atoms with Crippen molar-refractivity contribution in [2.45, 2.75) is 0 Å². The minimum atomic E-state index is 0.625. The van der Waals surface area contributed by atoms with E-state index in [0.29, 0.717) is 5.89 Å². The topological polar surface area (TPSA) is 29.3 Å². The first kappa shape index (κ1) is 27.8. The van der Waals surface area contributed by atoms with Crippen molar-refractivity contribution in [1.82, 2.24) is 4.98 Å². The summed E-state index contributed by atoms with van der Waals surface area (Å²) >= 11 is 0. The van der Waals surface area contributed by atoms with E-state index in [1.54, 1.807) is 0 Å². The molecule has 9 rings (SSSR count). The van der Waals surface area contributed by atoms with Gasteiger partial charge in [0.2, 0.25) is 5.89 Å². The molecule has 0 N–H and O–H groups in total. The van der Waals surface area contributed by atoms with Crippen LogP contribution in [0, 0.1) is 0 Å². The minimum absolute atomic E-state index is 0.625. The maximum absolute atomic E-state index is 6.50. The van der Waals surface area contributed by atoms with E-state index in [9.17, 15) is 0 Å². The number of rotatable bonds is 6. The van der Waals surface area contributed by atoms with Crippen LogP contribution in [-0.2, 0) is 0 Å². The van der Waals surface area contributed by atoms with E-state index in [2.05, 4.69) is 181 Å². The SMILES string of the molecule is c1ccc(-c2ccccc2N(c2ccc(-c3cccc4nc(-c5ccc6ccccc6c5)oc34)cc2)c2cccc3ccccc23)cc1. The van der Waals surface area contributed by atoms with Gasteiger partial charge in [0.05, 0.1) is 11.4 Å². The Morgan fingerprint density at radius 3 is 1.92 bits per heavy atom. The van der Waals surface area contributed by atoms with Gasteiger partial charge in [0.15, 0.2) is 5.58 Å². The van der Waals surface area contributed by atoms with Crippen molar-refractivity contribution >= 4 is 49.7 Å². The molecule has 0 saturated carbocycles. The van der Waals surface area contributed by atoms with E-state index >= 15 is 0 Å². The van der Waals surface area contributed by atoms with E-state index in [0.717, 1.165) is 50.2 Å². The van der Waals surface area contributed by atoms with Crippen molar-refractivity contribution in [3.63, 3.8) is 0 Å². The third-order valence-corrected chi connectivity index (χ3v) is 9.09. The molecule has 0 radical (unpaired) electrons. The largest absolute Gasteiger partial charge is 0.435 e. The first-order valence-electron chi connectivity index (χ1n) is 16.2. The molecule has 3 nitrogen and oxygen atoms in total. The van der Waals surface area contributed by atoms with E-state index < -0.39 is 0 Å². The van der Waals surface area contributed by atoms with Gasteiger partial charge in [0.25, 0.3) is 0 Å². The fourth-order valence-electron chi connectivity index (χ4n) is 6.75. The highest BCUT2D eigenvalue weighted by Gasteiger charge is 2.20. The van der Waals surface area contributed by atoms with Crippen LogP contribution in [0.4, 0.5) is 17.1 Å². The van der Waals surface area contributed by atoms with E-state index in [4.69, 9.17) is 9.40 Å². The normalized spacial score (nSPS) is 11.3. The van der Waals surface area contributed by atoms with Gasteiger partial charge in [-0.2, -0.15) is 0 Å². The zero-order valence-corrected chi connectivity index (χ0v) is 26.1. The molecule has 0 aliphatic heterocycles. The number of para-hydroxylation sites is 2. The summed E-state index contributed by atoms with van der Waals surface area (Å²) in [6.45, 7) is 0. The van der Waals surface area contributed by atoms with Crippen LogP contribution in [-0.4, -0.2) is 4.98 Å². The van der Waals surface area contributed by atoms with Gasteiger partial charge in [-0.15, -0.1) is 0 Å². The predicted octanol–water partition coefficient (Wildman–Crippen LogP) is 12.6. The Labute approximate surface area is 279 Å². The van der Waals surface area contributed by atoms with Crippen molar-refractivity contribution in [2.75, 3.05) is 4.90 Å². The van der Waals surface area contributed by atoms with Crippen LogP contribution in [0.3, 0.4) is 0 Å². The molecule has 0 spiro atoms. The van der Waals surface area contributed by atoms with Crippen molar-refractivity contribution < 1.29 is 4.42 Å². The summed E-state index contributed by atoms with van der Waals surface area (Å²) in [5, 5.41) is 4.76. The molecular formula is C45H30N2O. The molecule has 0 amide bonds. The zero-order chi connectivity index (χ0) is 31.9. The quantitative estimate of drug-likeness (QED) is 0.187. The molecule has 0 aliphatic rings. The molecule has 0 saturated heterocycles. The highest BCUT2D eigenvalue weighted by atomic mass is 16.3. The van der Waals surface area contributed by atoms with Gasteiger partial charge in [0, 0.05) is 27.8 Å². The molecule has 48 heavy (non-hydrogen) atoms. The average molecular weight is 615 g/mol. The molecule has 1 heterocycles. The second kappa shape index (κ2) is 11.7. The standard InChI is InChI=1S/C45H30N2O/c1-2-13-32(14-3-1)38-19-8-9-22-42(38)47(43-23-10-17-33-15-6-7-18-39(33)43)37-28-26-34(27-29-37)40-20-11-21-41-44(40)48-45(46-41)36-25-24-31-12-4-5-16-35(31)30-36/h1-30H. The number of anilines is 3. The lowest BCUT2D eigenvalue weighted by Crippen LogP contribution is -2.11. The summed E-state index contributed by atoms with van der Waals surface area (Å²) < 4.78 is 6.50. The Bertz CT molecular complexity index is 2560. The van der Waals surface area contributed by atoms with Crippen molar-refractivity contribution in [3.8, 4) is 33.7 Å². The van der Waals surface area contributed by atoms with Gasteiger partial charge >= 0.3 is 0 Å². The number of hydrogen-bond acceptors (Lipinski definition) is 3. The lowest BCUT2D eigenvalue weighted by molar-refractivity contribution is 0.621. The lowest BCUT2D eigenvalue weighted by atomic mass is 9.99. The van der Waals surface area contributed by atoms with Gasteiger partial charge < -0.3 is 9.32 Å². The highest BCUT2D eigenvalue weighted by molar-refractivity contribution is 6.01. The number of nitrogens with zero attached hydrogens (tertiary/aromatic N) is 2. The molecular weight excluding hydrogens is 585 g/mol. The Kier molecular flexibility index (Phi) is 6.80. The van der Waals surface area contributed by atoms with Crippen LogP contribution >= 0.6 is 0 Å². The molecule has 9 aromatic rings. The fraction of sp³-hybridized carbons (Fsp3) is 0. The summed E-state index contributed by atoms with van der Waals surface area (Å²) in [6.07, 6.45) is 0. The monoisotopic (exact) mass is 614 g/mol. The molecule has 0 fully saturated rings. The molecule has 3 heteroatoms. The maximum Gasteiger partial charge on any atom is 0.227 e. The minimum Gasteiger partial charge on any atom is -0.435 e. The van der Waals surface area contributed by atoms with Crippen molar-refractivity contribution in [1.29, 1.82) is 0 Å². The number of fused-ring (bicyclic) bond motifs is 3. The van der Waals surface area contributed by atoms with E-state index in [1.807, 2.05) is 6.07 Å². The molecule has 0 unspecified atom stereocenters. The second-order valence-corrected chi connectivity index (χ2v) is 12.0. The predicted molar refractivity (Wildman–Crippen MR) is 200 cm³/mol. The Balaban J connectivity index is 1.16. The van der Waals surface area contributed by atoms with Gasteiger partial charge in [-0.1, -0.05) is 140 Å².